The molecule has 148 valence electrons. The molecule has 1 aliphatic rings. The Balaban J connectivity index is 1.71. The molecule has 0 saturated carbocycles. The number of nitrogens with one attached hydrogen (secondary N) is 1. The first-order valence-electron chi connectivity index (χ1n) is 9.28. The van der Waals surface area contributed by atoms with Gasteiger partial charge in [0.05, 0.1) is 17.3 Å². The maximum Gasteiger partial charge on any atom is 0.254 e. The van der Waals surface area contributed by atoms with Crippen molar-refractivity contribution in [2.75, 3.05) is 18.1 Å². The molecule has 28 heavy (non-hydrogen) atoms. The summed E-state index contributed by atoms with van der Waals surface area (Å²) in [6, 6.07) is 12.6. The molecule has 0 fully saturated rings. The molecule has 0 aliphatic carbocycles. The van der Waals surface area contributed by atoms with Crippen molar-refractivity contribution in [1.29, 1.82) is 0 Å². The van der Waals surface area contributed by atoms with Crippen LogP contribution in [0.4, 0.5) is 5.69 Å². The van der Waals surface area contributed by atoms with Gasteiger partial charge in [0.25, 0.3) is 5.91 Å². The SMILES string of the molecule is CC(=O)NC1C(=O)N(CCOc2ccc(C(C)(C)C)cc2)c2c(Cl)cccc21. The van der Waals surface area contributed by atoms with Crippen LogP contribution in [-0.4, -0.2) is 25.0 Å². The fourth-order valence-electron chi connectivity index (χ4n) is 3.32. The largest absolute Gasteiger partial charge is 0.492 e. The van der Waals surface area contributed by atoms with Gasteiger partial charge in [0.1, 0.15) is 18.4 Å². The summed E-state index contributed by atoms with van der Waals surface area (Å²) < 4.78 is 5.83. The molecule has 0 aromatic heterocycles. The average Bonchev–Trinajstić information content (AvgIpc) is 2.88. The highest BCUT2D eigenvalue weighted by Gasteiger charge is 2.39. The number of ether oxygens (including phenoxy) is 1. The smallest absolute Gasteiger partial charge is 0.254 e. The normalized spacial score (nSPS) is 16.1. The van der Waals surface area contributed by atoms with Gasteiger partial charge in [-0.15, -0.1) is 0 Å². The van der Waals surface area contributed by atoms with E-state index in [2.05, 4.69) is 38.2 Å². The zero-order valence-electron chi connectivity index (χ0n) is 16.6. The number of para-hydroxylation sites is 1. The number of nitrogens with zero attached hydrogens (tertiary/aromatic N) is 1. The number of hydrogen-bond acceptors (Lipinski definition) is 3. The summed E-state index contributed by atoms with van der Waals surface area (Å²) in [7, 11) is 0. The van der Waals surface area contributed by atoms with Crippen LogP contribution in [0.15, 0.2) is 42.5 Å². The summed E-state index contributed by atoms with van der Waals surface area (Å²) in [5.41, 5.74) is 2.66. The highest BCUT2D eigenvalue weighted by atomic mass is 35.5. The van der Waals surface area contributed by atoms with Crippen LogP contribution in [-0.2, 0) is 15.0 Å². The van der Waals surface area contributed by atoms with E-state index in [0.29, 0.717) is 29.4 Å². The molecule has 1 aliphatic heterocycles. The Morgan fingerprint density at radius 1 is 1.18 bits per heavy atom. The number of anilines is 1. The molecule has 5 nitrogen and oxygen atoms in total. The van der Waals surface area contributed by atoms with Gasteiger partial charge in [-0.05, 0) is 29.2 Å². The number of halogens is 1. The summed E-state index contributed by atoms with van der Waals surface area (Å²) in [4.78, 5) is 25.9. The van der Waals surface area contributed by atoms with Gasteiger partial charge >= 0.3 is 0 Å². The molecule has 1 unspecified atom stereocenters. The van der Waals surface area contributed by atoms with Crippen LogP contribution < -0.4 is 15.0 Å². The van der Waals surface area contributed by atoms with Crippen molar-refractivity contribution < 1.29 is 14.3 Å². The molecule has 0 bridgehead atoms. The molecule has 0 saturated heterocycles. The highest BCUT2D eigenvalue weighted by Crippen LogP contribution is 2.40. The van der Waals surface area contributed by atoms with Gasteiger partial charge in [-0.2, -0.15) is 0 Å². The van der Waals surface area contributed by atoms with E-state index in [1.807, 2.05) is 18.2 Å². The van der Waals surface area contributed by atoms with E-state index in [1.165, 1.54) is 12.5 Å². The van der Waals surface area contributed by atoms with Crippen LogP contribution in [0.1, 0.15) is 44.9 Å². The molecule has 1 atom stereocenters. The summed E-state index contributed by atoms with van der Waals surface area (Å²) in [6.45, 7) is 8.53. The lowest BCUT2D eigenvalue weighted by Crippen LogP contribution is -2.38. The first-order valence-corrected chi connectivity index (χ1v) is 9.66. The molecule has 3 rings (SSSR count). The Kier molecular flexibility index (Phi) is 5.66. The quantitative estimate of drug-likeness (QED) is 0.816. The first-order chi connectivity index (χ1) is 13.2. The standard InChI is InChI=1S/C22H25ClN2O3/c1-14(26)24-19-17-6-5-7-18(23)20(17)25(21(19)27)12-13-28-16-10-8-15(9-11-16)22(2,3)4/h5-11,19H,12-13H2,1-4H3,(H,24,26). The fraction of sp³-hybridized carbons (Fsp3) is 0.364. The monoisotopic (exact) mass is 400 g/mol. The molecule has 1 heterocycles. The summed E-state index contributed by atoms with van der Waals surface area (Å²) in [6.07, 6.45) is 0. The van der Waals surface area contributed by atoms with Gasteiger partial charge < -0.3 is 15.0 Å². The van der Waals surface area contributed by atoms with Crippen molar-refractivity contribution in [3.8, 4) is 5.75 Å². The van der Waals surface area contributed by atoms with Gasteiger partial charge in [0.15, 0.2) is 0 Å². The minimum atomic E-state index is -0.711. The predicted molar refractivity (Wildman–Crippen MR) is 111 cm³/mol. The highest BCUT2D eigenvalue weighted by molar-refractivity contribution is 6.34. The lowest BCUT2D eigenvalue weighted by molar-refractivity contribution is -0.126. The number of rotatable bonds is 5. The Labute approximate surface area is 170 Å². The van der Waals surface area contributed by atoms with Crippen LogP contribution in [0.25, 0.3) is 0 Å². The third-order valence-electron chi connectivity index (χ3n) is 4.76. The Hall–Kier alpha value is -2.53. The van der Waals surface area contributed by atoms with Crippen molar-refractivity contribution in [1.82, 2.24) is 5.32 Å². The van der Waals surface area contributed by atoms with Crippen molar-refractivity contribution in [3.05, 3.63) is 58.6 Å². The number of carbonyl (C=O) groups excluding carboxylic acids is 2. The zero-order valence-corrected chi connectivity index (χ0v) is 17.3. The second kappa shape index (κ2) is 7.84. The van der Waals surface area contributed by atoms with Crippen molar-refractivity contribution in [2.45, 2.75) is 39.2 Å². The van der Waals surface area contributed by atoms with Gasteiger partial charge in [0.2, 0.25) is 5.91 Å². The lowest BCUT2D eigenvalue weighted by atomic mass is 9.87. The third-order valence-corrected chi connectivity index (χ3v) is 5.07. The summed E-state index contributed by atoms with van der Waals surface area (Å²) in [5.74, 6) is 0.281. The van der Waals surface area contributed by atoms with Gasteiger partial charge in [0, 0.05) is 12.5 Å². The molecule has 0 spiro atoms. The molecular weight excluding hydrogens is 376 g/mol. The minimum Gasteiger partial charge on any atom is -0.492 e. The number of hydrogen-bond donors (Lipinski definition) is 1. The first kappa shape index (κ1) is 20.2. The van der Waals surface area contributed by atoms with E-state index in [-0.39, 0.29) is 17.2 Å². The molecule has 6 heteroatoms. The second-order valence-electron chi connectivity index (χ2n) is 7.92. The van der Waals surface area contributed by atoms with Crippen molar-refractivity contribution >= 4 is 29.1 Å². The molecule has 2 aromatic carbocycles. The van der Waals surface area contributed by atoms with Crippen LogP contribution in [0.5, 0.6) is 5.75 Å². The fourth-order valence-corrected chi connectivity index (χ4v) is 3.60. The lowest BCUT2D eigenvalue weighted by Gasteiger charge is -2.20. The maximum absolute atomic E-state index is 12.8. The van der Waals surface area contributed by atoms with E-state index in [1.54, 1.807) is 17.0 Å². The number of amides is 2. The minimum absolute atomic E-state index is 0.0830. The Morgan fingerprint density at radius 3 is 2.46 bits per heavy atom. The molecule has 2 aromatic rings. The van der Waals surface area contributed by atoms with Crippen LogP contribution >= 0.6 is 11.6 Å². The van der Waals surface area contributed by atoms with E-state index in [0.717, 1.165) is 5.75 Å². The Bertz CT molecular complexity index is 888. The average molecular weight is 401 g/mol. The Morgan fingerprint density at radius 2 is 1.86 bits per heavy atom. The zero-order chi connectivity index (χ0) is 20.5. The van der Waals surface area contributed by atoms with Crippen LogP contribution in [0.3, 0.4) is 0 Å². The van der Waals surface area contributed by atoms with E-state index >= 15 is 0 Å². The van der Waals surface area contributed by atoms with E-state index < -0.39 is 6.04 Å². The maximum atomic E-state index is 12.8. The van der Waals surface area contributed by atoms with E-state index in [9.17, 15) is 9.59 Å². The van der Waals surface area contributed by atoms with Gasteiger partial charge in [-0.1, -0.05) is 56.6 Å². The van der Waals surface area contributed by atoms with Crippen LogP contribution in [0.2, 0.25) is 5.02 Å². The third kappa shape index (κ3) is 4.14. The summed E-state index contributed by atoms with van der Waals surface area (Å²) in [5, 5.41) is 3.18. The molecule has 2 amide bonds. The van der Waals surface area contributed by atoms with E-state index in [4.69, 9.17) is 16.3 Å². The molecular formula is C22H25ClN2O3. The molecule has 1 N–H and O–H groups in total. The van der Waals surface area contributed by atoms with Crippen molar-refractivity contribution in [2.24, 2.45) is 0 Å². The number of benzene rings is 2. The van der Waals surface area contributed by atoms with Gasteiger partial charge in [-0.25, -0.2) is 0 Å². The summed E-state index contributed by atoms with van der Waals surface area (Å²) >= 11 is 6.34. The topological polar surface area (TPSA) is 58.6 Å². The molecule has 0 radical (unpaired) electrons. The predicted octanol–water partition coefficient (Wildman–Crippen LogP) is 4.24. The van der Waals surface area contributed by atoms with Crippen LogP contribution in [0, 0.1) is 0 Å². The number of fused-ring (bicyclic) bond motifs is 1. The van der Waals surface area contributed by atoms with Crippen molar-refractivity contribution in [3.63, 3.8) is 0 Å². The number of carbonyl (C=O) groups is 2. The second-order valence-corrected chi connectivity index (χ2v) is 8.33. The van der Waals surface area contributed by atoms with Gasteiger partial charge in [-0.3, -0.25) is 9.59 Å².